The molecular weight excluding hydrogens is 274 g/mol. The van der Waals surface area contributed by atoms with Crippen LogP contribution >= 0.6 is 0 Å². The molecule has 1 aliphatic carbocycles. The largest absolute Gasteiger partial charge is 0.330 e. The Hall–Kier alpha value is -0.170. The van der Waals surface area contributed by atoms with Crippen molar-refractivity contribution in [1.82, 2.24) is 8.61 Å². The summed E-state index contributed by atoms with van der Waals surface area (Å²) in [7, 11) is -1.56. The van der Waals surface area contributed by atoms with Crippen molar-refractivity contribution in [2.75, 3.05) is 20.1 Å². The molecule has 0 radical (unpaired) electrons. The van der Waals surface area contributed by atoms with Crippen LogP contribution in [0.3, 0.4) is 0 Å². The standard InChI is InChI=1S/C14H29N3O2S/c1-16(13-7-3-2-4-8-13)20(18,19)17-12-6-5-9-14(17)10-11-15/h13-14H,2-12,15H2,1H3. The van der Waals surface area contributed by atoms with Gasteiger partial charge in [-0.3, -0.25) is 0 Å². The maximum atomic E-state index is 12.9. The van der Waals surface area contributed by atoms with E-state index in [0.717, 1.165) is 51.4 Å². The maximum Gasteiger partial charge on any atom is 0.282 e. The minimum atomic E-state index is -3.32. The van der Waals surface area contributed by atoms with Gasteiger partial charge in [0.25, 0.3) is 10.2 Å². The zero-order chi connectivity index (χ0) is 14.6. The molecule has 0 aromatic carbocycles. The second-order valence-electron chi connectivity index (χ2n) is 6.15. The second-order valence-corrected chi connectivity index (χ2v) is 8.09. The lowest BCUT2D eigenvalue weighted by Gasteiger charge is -2.40. The molecule has 118 valence electrons. The van der Waals surface area contributed by atoms with Gasteiger partial charge in [-0.1, -0.05) is 25.7 Å². The van der Waals surface area contributed by atoms with Gasteiger partial charge in [0.1, 0.15) is 0 Å². The summed E-state index contributed by atoms with van der Waals surface area (Å²) in [5.41, 5.74) is 5.65. The molecule has 1 saturated carbocycles. The number of piperidine rings is 1. The zero-order valence-electron chi connectivity index (χ0n) is 12.6. The smallest absolute Gasteiger partial charge is 0.282 e. The van der Waals surface area contributed by atoms with Crippen LogP contribution in [0.4, 0.5) is 0 Å². The van der Waals surface area contributed by atoms with Crippen molar-refractivity contribution in [2.45, 2.75) is 69.9 Å². The molecule has 0 bridgehead atoms. The van der Waals surface area contributed by atoms with E-state index in [1.807, 2.05) is 0 Å². The SMILES string of the molecule is CN(C1CCCCC1)S(=O)(=O)N1CCCCC1CCN. The molecule has 1 atom stereocenters. The summed E-state index contributed by atoms with van der Waals surface area (Å²) >= 11 is 0. The molecular formula is C14H29N3O2S. The zero-order valence-corrected chi connectivity index (χ0v) is 13.4. The molecule has 20 heavy (non-hydrogen) atoms. The molecule has 2 fully saturated rings. The van der Waals surface area contributed by atoms with Crippen LogP contribution in [-0.4, -0.2) is 49.2 Å². The molecule has 0 spiro atoms. The third kappa shape index (κ3) is 3.53. The predicted octanol–water partition coefficient (Wildman–Crippen LogP) is 1.70. The van der Waals surface area contributed by atoms with E-state index >= 15 is 0 Å². The van der Waals surface area contributed by atoms with E-state index in [1.54, 1.807) is 15.7 Å². The van der Waals surface area contributed by atoms with Crippen LogP contribution in [0.2, 0.25) is 0 Å². The average Bonchev–Trinajstić information content (AvgIpc) is 2.48. The Morgan fingerprint density at radius 1 is 1.10 bits per heavy atom. The molecule has 1 unspecified atom stereocenters. The number of nitrogens with two attached hydrogens (primary N) is 1. The Kier molecular flexibility index (Phi) is 5.84. The van der Waals surface area contributed by atoms with Crippen LogP contribution in [-0.2, 0) is 10.2 Å². The molecule has 0 aromatic rings. The van der Waals surface area contributed by atoms with Crippen molar-refractivity contribution < 1.29 is 8.42 Å². The Bertz CT molecular complexity index is 391. The first-order valence-electron chi connectivity index (χ1n) is 8.02. The first-order chi connectivity index (χ1) is 9.57. The van der Waals surface area contributed by atoms with Gasteiger partial charge < -0.3 is 5.73 Å². The molecule has 6 heteroatoms. The molecule has 1 saturated heterocycles. The number of nitrogens with zero attached hydrogens (tertiary/aromatic N) is 2. The van der Waals surface area contributed by atoms with Crippen molar-refractivity contribution in [3.8, 4) is 0 Å². The summed E-state index contributed by atoms with van der Waals surface area (Å²) in [4.78, 5) is 0. The van der Waals surface area contributed by atoms with Gasteiger partial charge >= 0.3 is 0 Å². The Labute approximate surface area is 123 Å². The van der Waals surface area contributed by atoms with E-state index in [0.29, 0.717) is 13.1 Å². The predicted molar refractivity (Wildman–Crippen MR) is 81.6 cm³/mol. The van der Waals surface area contributed by atoms with Crippen molar-refractivity contribution >= 4 is 10.2 Å². The summed E-state index contributed by atoms with van der Waals surface area (Å²) in [6.45, 7) is 1.22. The topological polar surface area (TPSA) is 66.6 Å². The fraction of sp³-hybridized carbons (Fsp3) is 1.00. The average molecular weight is 303 g/mol. The second kappa shape index (κ2) is 7.20. The van der Waals surface area contributed by atoms with E-state index in [1.165, 1.54) is 6.42 Å². The summed E-state index contributed by atoms with van der Waals surface area (Å²) in [6.07, 6.45) is 9.36. The highest BCUT2D eigenvalue weighted by atomic mass is 32.2. The molecule has 2 aliphatic rings. The molecule has 2 N–H and O–H groups in total. The van der Waals surface area contributed by atoms with Crippen LogP contribution in [0.15, 0.2) is 0 Å². The van der Waals surface area contributed by atoms with Gasteiger partial charge in [-0.2, -0.15) is 17.0 Å². The third-order valence-corrected chi connectivity index (χ3v) is 6.92. The minimum Gasteiger partial charge on any atom is -0.330 e. The Morgan fingerprint density at radius 3 is 2.40 bits per heavy atom. The van der Waals surface area contributed by atoms with Crippen molar-refractivity contribution in [3.05, 3.63) is 0 Å². The highest BCUT2D eigenvalue weighted by Crippen LogP contribution is 2.28. The summed E-state index contributed by atoms with van der Waals surface area (Å²) < 4.78 is 29.1. The highest BCUT2D eigenvalue weighted by Gasteiger charge is 2.37. The van der Waals surface area contributed by atoms with Crippen molar-refractivity contribution in [2.24, 2.45) is 5.73 Å². The van der Waals surface area contributed by atoms with Crippen LogP contribution in [0.1, 0.15) is 57.8 Å². The Morgan fingerprint density at radius 2 is 1.75 bits per heavy atom. The van der Waals surface area contributed by atoms with Gasteiger partial charge in [-0.05, 0) is 38.6 Å². The lowest BCUT2D eigenvalue weighted by Crippen LogP contribution is -2.52. The Balaban J connectivity index is 2.09. The molecule has 2 rings (SSSR count). The molecule has 1 aliphatic heterocycles. The highest BCUT2D eigenvalue weighted by molar-refractivity contribution is 7.86. The van der Waals surface area contributed by atoms with Gasteiger partial charge in [0.05, 0.1) is 0 Å². The number of rotatable bonds is 5. The van der Waals surface area contributed by atoms with Crippen molar-refractivity contribution in [1.29, 1.82) is 0 Å². The van der Waals surface area contributed by atoms with E-state index in [9.17, 15) is 8.42 Å². The fourth-order valence-corrected chi connectivity index (χ4v) is 5.42. The normalized spacial score (nSPS) is 27.1. The first-order valence-corrected chi connectivity index (χ1v) is 9.42. The first kappa shape index (κ1) is 16.2. The lowest BCUT2D eigenvalue weighted by atomic mass is 9.96. The number of hydrogen-bond acceptors (Lipinski definition) is 3. The summed E-state index contributed by atoms with van der Waals surface area (Å²) in [5.74, 6) is 0. The molecule has 0 amide bonds. The van der Waals surface area contributed by atoms with E-state index < -0.39 is 10.2 Å². The summed E-state index contributed by atoms with van der Waals surface area (Å²) in [6, 6.07) is 0.291. The van der Waals surface area contributed by atoms with Crippen LogP contribution < -0.4 is 5.73 Å². The van der Waals surface area contributed by atoms with E-state index in [-0.39, 0.29) is 12.1 Å². The van der Waals surface area contributed by atoms with Crippen LogP contribution in [0, 0.1) is 0 Å². The molecule has 1 heterocycles. The number of hydrogen-bond donors (Lipinski definition) is 1. The van der Waals surface area contributed by atoms with Gasteiger partial charge in [-0.15, -0.1) is 0 Å². The van der Waals surface area contributed by atoms with Gasteiger partial charge in [0.15, 0.2) is 0 Å². The molecule has 5 nitrogen and oxygen atoms in total. The van der Waals surface area contributed by atoms with Crippen LogP contribution in [0.5, 0.6) is 0 Å². The van der Waals surface area contributed by atoms with E-state index in [4.69, 9.17) is 5.73 Å². The van der Waals surface area contributed by atoms with E-state index in [2.05, 4.69) is 0 Å². The summed E-state index contributed by atoms with van der Waals surface area (Å²) in [5, 5.41) is 0. The van der Waals surface area contributed by atoms with Gasteiger partial charge in [-0.25, -0.2) is 0 Å². The lowest BCUT2D eigenvalue weighted by molar-refractivity contribution is 0.208. The quantitative estimate of drug-likeness (QED) is 0.840. The van der Waals surface area contributed by atoms with Crippen LogP contribution in [0.25, 0.3) is 0 Å². The van der Waals surface area contributed by atoms with Gasteiger partial charge in [0.2, 0.25) is 0 Å². The molecule has 0 aromatic heterocycles. The maximum absolute atomic E-state index is 12.9. The third-order valence-electron chi connectivity index (χ3n) is 4.82. The monoisotopic (exact) mass is 303 g/mol. The fourth-order valence-electron chi connectivity index (χ4n) is 3.56. The van der Waals surface area contributed by atoms with Crippen molar-refractivity contribution in [3.63, 3.8) is 0 Å². The minimum absolute atomic E-state index is 0.102. The van der Waals surface area contributed by atoms with Gasteiger partial charge in [0, 0.05) is 25.7 Å².